The largest absolute Gasteiger partial charge is 0.356 e. The van der Waals surface area contributed by atoms with Crippen molar-refractivity contribution in [3.63, 3.8) is 0 Å². The Kier molecular flexibility index (Phi) is 3.77. The van der Waals surface area contributed by atoms with Crippen molar-refractivity contribution in [1.29, 1.82) is 0 Å². The zero-order chi connectivity index (χ0) is 16.0. The molecule has 0 aromatic carbocycles. The van der Waals surface area contributed by atoms with Crippen LogP contribution in [-0.4, -0.2) is 51.2 Å². The number of nitrogens with zero attached hydrogens (tertiary/aromatic N) is 6. The zero-order valence-electron chi connectivity index (χ0n) is 13.9. The Morgan fingerprint density at radius 1 is 1.04 bits per heavy atom. The second-order valence-corrected chi connectivity index (χ2v) is 8.01. The maximum atomic E-state index is 4.52. The van der Waals surface area contributed by atoms with Crippen molar-refractivity contribution >= 4 is 17.2 Å². The second kappa shape index (κ2) is 5.79. The minimum absolute atomic E-state index is 0.735. The van der Waals surface area contributed by atoms with Crippen molar-refractivity contribution in [3.05, 3.63) is 27.6 Å². The molecule has 0 saturated carbocycles. The number of fused-ring (bicyclic) bond motifs is 1. The fraction of sp³-hybridized carbons (Fsp3) is 0.625. The van der Waals surface area contributed by atoms with Crippen LogP contribution in [0.25, 0.3) is 0 Å². The Bertz CT molecular complexity index is 700. The Morgan fingerprint density at radius 3 is 2.43 bits per heavy atom. The van der Waals surface area contributed by atoms with Crippen LogP contribution < -0.4 is 4.90 Å². The summed E-state index contributed by atoms with van der Waals surface area (Å²) in [6.07, 6.45) is 1.69. The van der Waals surface area contributed by atoms with E-state index in [0.29, 0.717) is 0 Å². The molecule has 2 atom stereocenters. The number of hydrogen-bond acceptors (Lipinski definition) is 7. The third-order valence-corrected chi connectivity index (χ3v) is 5.92. The van der Waals surface area contributed by atoms with E-state index in [0.717, 1.165) is 66.1 Å². The van der Waals surface area contributed by atoms with Gasteiger partial charge in [-0.15, -0.1) is 21.5 Å². The smallest absolute Gasteiger partial charge is 0.135 e. The molecule has 4 heterocycles. The number of anilines is 1. The summed E-state index contributed by atoms with van der Waals surface area (Å²) in [6.45, 7) is 11.7. The molecule has 2 unspecified atom stereocenters. The van der Waals surface area contributed by atoms with E-state index in [2.05, 4.69) is 43.8 Å². The van der Waals surface area contributed by atoms with Crippen LogP contribution >= 0.6 is 11.3 Å². The van der Waals surface area contributed by atoms with Crippen molar-refractivity contribution in [2.45, 2.75) is 27.3 Å². The monoisotopic (exact) mass is 330 g/mol. The molecule has 122 valence electrons. The van der Waals surface area contributed by atoms with Gasteiger partial charge in [0.25, 0.3) is 0 Å². The van der Waals surface area contributed by atoms with Crippen molar-refractivity contribution in [3.8, 4) is 0 Å². The van der Waals surface area contributed by atoms with Crippen LogP contribution in [0, 0.1) is 32.6 Å². The number of aromatic nitrogens is 4. The van der Waals surface area contributed by atoms with Gasteiger partial charge >= 0.3 is 0 Å². The van der Waals surface area contributed by atoms with Gasteiger partial charge in [0.05, 0.1) is 6.54 Å². The molecule has 6 nitrogen and oxygen atoms in total. The third-order valence-electron chi connectivity index (χ3n) is 5.10. The number of hydrogen-bond donors (Lipinski definition) is 0. The van der Waals surface area contributed by atoms with E-state index in [1.165, 1.54) is 5.56 Å². The zero-order valence-corrected chi connectivity index (χ0v) is 14.7. The molecule has 0 N–H and O–H groups in total. The van der Waals surface area contributed by atoms with Crippen LogP contribution in [0.2, 0.25) is 0 Å². The minimum atomic E-state index is 0.735. The first kappa shape index (κ1) is 15.0. The fourth-order valence-electron chi connectivity index (χ4n) is 3.83. The van der Waals surface area contributed by atoms with Crippen LogP contribution in [0.4, 0.5) is 5.82 Å². The maximum Gasteiger partial charge on any atom is 0.135 e. The molecule has 0 spiro atoms. The van der Waals surface area contributed by atoms with Gasteiger partial charge < -0.3 is 4.90 Å². The van der Waals surface area contributed by atoms with Crippen molar-refractivity contribution in [2.24, 2.45) is 11.8 Å². The molecular weight excluding hydrogens is 308 g/mol. The summed E-state index contributed by atoms with van der Waals surface area (Å²) in [7, 11) is 0. The second-order valence-electron chi connectivity index (χ2n) is 6.74. The molecule has 4 rings (SSSR count). The van der Waals surface area contributed by atoms with Crippen molar-refractivity contribution in [1.82, 2.24) is 25.1 Å². The lowest BCUT2D eigenvalue weighted by atomic mass is 10.0. The van der Waals surface area contributed by atoms with Crippen molar-refractivity contribution < 1.29 is 0 Å². The lowest BCUT2D eigenvalue weighted by Gasteiger charge is -2.23. The molecule has 2 aliphatic heterocycles. The van der Waals surface area contributed by atoms with Gasteiger partial charge in [-0.25, -0.2) is 9.97 Å². The average Bonchev–Trinajstić information content (AvgIpc) is 3.17. The topological polar surface area (TPSA) is 58.0 Å². The number of likely N-dealkylation sites (tertiary alicyclic amines) is 1. The Hall–Kier alpha value is -1.60. The lowest BCUT2D eigenvalue weighted by Crippen LogP contribution is -2.29. The first-order valence-electron chi connectivity index (χ1n) is 8.14. The summed E-state index contributed by atoms with van der Waals surface area (Å²) in [5, 5.41) is 10.6. The average molecular weight is 330 g/mol. The predicted molar refractivity (Wildman–Crippen MR) is 90.6 cm³/mol. The van der Waals surface area contributed by atoms with Crippen LogP contribution in [0.5, 0.6) is 0 Å². The summed E-state index contributed by atoms with van der Waals surface area (Å²) < 4.78 is 0. The van der Waals surface area contributed by atoms with Crippen LogP contribution in [0.1, 0.15) is 21.3 Å². The van der Waals surface area contributed by atoms with E-state index in [9.17, 15) is 0 Å². The standard InChI is InChI=1S/C16H22N6S/c1-10-11(2)17-9-18-16(10)22-6-13-4-21(5-14(13)7-22)8-15-20-19-12(3)23-15/h9,13-14H,4-8H2,1-3H3. The Balaban J connectivity index is 1.41. The molecule has 0 aliphatic carbocycles. The molecule has 0 radical (unpaired) electrons. The van der Waals surface area contributed by atoms with E-state index in [4.69, 9.17) is 0 Å². The summed E-state index contributed by atoms with van der Waals surface area (Å²) in [6, 6.07) is 0. The third kappa shape index (κ3) is 2.83. The van der Waals surface area contributed by atoms with E-state index < -0.39 is 0 Å². The molecule has 23 heavy (non-hydrogen) atoms. The highest BCUT2D eigenvalue weighted by Crippen LogP contribution is 2.35. The Morgan fingerprint density at radius 2 is 1.78 bits per heavy atom. The number of aryl methyl sites for hydroxylation is 2. The molecule has 2 saturated heterocycles. The molecule has 0 bridgehead atoms. The molecule has 0 amide bonds. The molecule has 7 heteroatoms. The summed E-state index contributed by atoms with van der Waals surface area (Å²) >= 11 is 1.71. The Labute approximate surface area is 140 Å². The van der Waals surface area contributed by atoms with E-state index in [1.54, 1.807) is 17.7 Å². The summed E-state index contributed by atoms with van der Waals surface area (Å²) in [5.74, 6) is 2.59. The van der Waals surface area contributed by atoms with Gasteiger partial charge in [0.1, 0.15) is 22.2 Å². The highest BCUT2D eigenvalue weighted by molar-refractivity contribution is 7.11. The van der Waals surface area contributed by atoms with Gasteiger partial charge in [-0.05, 0) is 32.6 Å². The molecule has 2 aromatic rings. The fourth-order valence-corrected chi connectivity index (χ4v) is 4.58. The van der Waals surface area contributed by atoms with Gasteiger partial charge in [-0.1, -0.05) is 0 Å². The van der Waals surface area contributed by atoms with Crippen molar-refractivity contribution in [2.75, 3.05) is 31.1 Å². The van der Waals surface area contributed by atoms with Gasteiger partial charge in [0.2, 0.25) is 0 Å². The highest BCUT2D eigenvalue weighted by Gasteiger charge is 2.40. The molecule has 2 fully saturated rings. The first-order valence-corrected chi connectivity index (χ1v) is 8.96. The van der Waals surface area contributed by atoms with Gasteiger partial charge in [0, 0.05) is 37.4 Å². The van der Waals surface area contributed by atoms with Crippen LogP contribution in [-0.2, 0) is 6.54 Å². The van der Waals surface area contributed by atoms with E-state index in [-0.39, 0.29) is 0 Å². The highest BCUT2D eigenvalue weighted by atomic mass is 32.1. The SMILES string of the molecule is Cc1nnc(CN2CC3CN(c4ncnc(C)c4C)CC3C2)s1. The minimum Gasteiger partial charge on any atom is -0.356 e. The summed E-state index contributed by atoms with van der Waals surface area (Å²) in [4.78, 5) is 13.8. The van der Waals surface area contributed by atoms with E-state index in [1.807, 2.05) is 6.92 Å². The molecule has 2 aliphatic rings. The molecular formula is C16H22N6S. The maximum absolute atomic E-state index is 4.52. The summed E-state index contributed by atoms with van der Waals surface area (Å²) in [5.41, 5.74) is 2.30. The normalized spacial score (nSPS) is 24.4. The van der Waals surface area contributed by atoms with Gasteiger partial charge in [-0.3, -0.25) is 4.90 Å². The van der Waals surface area contributed by atoms with Crippen LogP contribution in [0.15, 0.2) is 6.33 Å². The van der Waals surface area contributed by atoms with Crippen LogP contribution in [0.3, 0.4) is 0 Å². The van der Waals surface area contributed by atoms with Gasteiger partial charge in [-0.2, -0.15) is 0 Å². The predicted octanol–water partition coefficient (Wildman–Crippen LogP) is 1.82. The first-order chi connectivity index (χ1) is 11.1. The number of rotatable bonds is 3. The molecule has 2 aromatic heterocycles. The van der Waals surface area contributed by atoms with E-state index >= 15 is 0 Å². The quantitative estimate of drug-likeness (QED) is 0.856. The van der Waals surface area contributed by atoms with Gasteiger partial charge in [0.15, 0.2) is 0 Å². The lowest BCUT2D eigenvalue weighted by molar-refractivity contribution is 0.307.